The van der Waals surface area contributed by atoms with E-state index in [1.54, 1.807) is 16.0 Å². The van der Waals surface area contributed by atoms with Crippen LogP contribution in [0.4, 0.5) is 5.82 Å². The molecule has 0 aliphatic heterocycles. The Bertz CT molecular complexity index is 1380. The average Bonchev–Trinajstić information content (AvgIpc) is 3.53. The molecule has 2 aromatic carbocycles. The number of nitrogens with two attached hydrogens (primary N) is 2. The summed E-state index contributed by atoms with van der Waals surface area (Å²) in [6.45, 7) is 2.06. The zero-order valence-corrected chi connectivity index (χ0v) is 19.9. The van der Waals surface area contributed by atoms with Gasteiger partial charge in [-0.05, 0) is 37.0 Å². The van der Waals surface area contributed by atoms with E-state index in [4.69, 9.17) is 11.5 Å². The number of ketones is 1. The third kappa shape index (κ3) is 4.21. The first-order chi connectivity index (χ1) is 16.4. The quantitative estimate of drug-likeness (QED) is 0.406. The molecule has 0 spiro atoms. The highest BCUT2D eigenvalue weighted by Crippen LogP contribution is 2.35. The summed E-state index contributed by atoms with van der Waals surface area (Å²) in [6.07, 6.45) is 4.89. The predicted molar refractivity (Wildman–Crippen MR) is 135 cm³/mol. The van der Waals surface area contributed by atoms with Crippen LogP contribution in [-0.2, 0) is 17.6 Å². The summed E-state index contributed by atoms with van der Waals surface area (Å²) in [5.74, 6) is -0.140. The molecule has 1 saturated carbocycles. The van der Waals surface area contributed by atoms with Crippen LogP contribution in [0.2, 0.25) is 0 Å². The van der Waals surface area contributed by atoms with Crippen LogP contribution in [0.5, 0.6) is 0 Å². The van der Waals surface area contributed by atoms with Crippen LogP contribution in [0.25, 0.3) is 21.5 Å². The van der Waals surface area contributed by atoms with E-state index in [0.717, 1.165) is 52.0 Å². The normalized spacial score (nSPS) is 14.1. The van der Waals surface area contributed by atoms with Gasteiger partial charge in [0.15, 0.2) is 0 Å². The first kappa shape index (κ1) is 22.3. The Hall–Kier alpha value is -3.52. The Morgan fingerprint density at radius 2 is 1.82 bits per heavy atom. The summed E-state index contributed by atoms with van der Waals surface area (Å²) >= 11 is 1.58. The van der Waals surface area contributed by atoms with Crippen LogP contribution >= 0.6 is 11.3 Å². The fourth-order valence-electron chi connectivity index (χ4n) is 4.77. The van der Waals surface area contributed by atoms with E-state index in [2.05, 4.69) is 23.1 Å². The standard InChI is InChI=1S/C26H27N5O2S/c1-15-5-4-8-20-24(15)34-21(29-20)14-19(32)13-16-9-11-17(12-10-16)23-22(26(28)33)25(27)31(30-23)18-6-2-3-7-18/h4-5,8-12,18H,2-3,6-7,13-14,27H2,1H3,(H2,28,33). The summed E-state index contributed by atoms with van der Waals surface area (Å²) in [6, 6.07) is 13.8. The number of nitrogen functional groups attached to an aromatic ring is 1. The highest BCUT2D eigenvalue weighted by molar-refractivity contribution is 7.18. The van der Waals surface area contributed by atoms with Crippen LogP contribution in [0, 0.1) is 6.92 Å². The average molecular weight is 474 g/mol. The van der Waals surface area contributed by atoms with Crippen molar-refractivity contribution in [1.82, 2.24) is 14.8 Å². The van der Waals surface area contributed by atoms with Crippen molar-refractivity contribution < 1.29 is 9.59 Å². The predicted octanol–water partition coefficient (Wildman–Crippen LogP) is 4.62. The molecule has 1 fully saturated rings. The zero-order chi connectivity index (χ0) is 23.8. The topological polar surface area (TPSA) is 117 Å². The van der Waals surface area contributed by atoms with Crippen molar-refractivity contribution in [1.29, 1.82) is 0 Å². The van der Waals surface area contributed by atoms with Gasteiger partial charge >= 0.3 is 0 Å². The first-order valence-corrected chi connectivity index (χ1v) is 12.4. The molecule has 0 unspecified atom stereocenters. The molecule has 4 N–H and O–H groups in total. The minimum absolute atomic E-state index is 0.108. The lowest BCUT2D eigenvalue weighted by Gasteiger charge is -2.11. The molecule has 174 valence electrons. The third-order valence-corrected chi connectivity index (χ3v) is 7.70. The number of nitrogens with zero attached hydrogens (tertiary/aromatic N) is 3. The number of amides is 1. The van der Waals surface area contributed by atoms with Gasteiger partial charge in [-0.1, -0.05) is 49.2 Å². The maximum Gasteiger partial charge on any atom is 0.254 e. The zero-order valence-electron chi connectivity index (χ0n) is 19.1. The molecule has 1 aliphatic rings. The second-order valence-electron chi connectivity index (χ2n) is 8.98. The number of fused-ring (bicyclic) bond motifs is 1. The van der Waals surface area contributed by atoms with Gasteiger partial charge in [-0.3, -0.25) is 9.59 Å². The molecule has 0 saturated heterocycles. The van der Waals surface area contributed by atoms with Gasteiger partial charge in [-0.2, -0.15) is 5.10 Å². The number of anilines is 1. The van der Waals surface area contributed by atoms with Crippen LogP contribution in [0.15, 0.2) is 42.5 Å². The molecule has 5 rings (SSSR count). The van der Waals surface area contributed by atoms with E-state index < -0.39 is 5.91 Å². The number of hydrogen-bond acceptors (Lipinski definition) is 6. The molecule has 2 aromatic heterocycles. The van der Waals surface area contributed by atoms with Gasteiger partial charge in [0, 0.05) is 12.0 Å². The lowest BCUT2D eigenvalue weighted by atomic mass is 10.0. The minimum atomic E-state index is -0.581. The van der Waals surface area contributed by atoms with Crippen molar-refractivity contribution in [2.24, 2.45) is 5.73 Å². The summed E-state index contributed by atoms with van der Waals surface area (Å²) in [5.41, 5.74) is 16.5. The Morgan fingerprint density at radius 1 is 1.09 bits per heavy atom. The molecule has 1 amide bonds. The van der Waals surface area contributed by atoms with Crippen molar-refractivity contribution in [3.8, 4) is 11.3 Å². The molecule has 1 aliphatic carbocycles. The molecule has 0 atom stereocenters. The monoisotopic (exact) mass is 473 g/mol. The van der Waals surface area contributed by atoms with Crippen LogP contribution in [0.3, 0.4) is 0 Å². The third-order valence-electron chi connectivity index (χ3n) is 6.50. The van der Waals surface area contributed by atoms with E-state index in [0.29, 0.717) is 24.4 Å². The smallest absolute Gasteiger partial charge is 0.254 e. The molecular formula is C26H27N5O2S. The Morgan fingerprint density at radius 3 is 2.50 bits per heavy atom. The van der Waals surface area contributed by atoms with Crippen molar-refractivity contribution in [3.63, 3.8) is 0 Å². The van der Waals surface area contributed by atoms with Gasteiger partial charge in [-0.25, -0.2) is 9.67 Å². The van der Waals surface area contributed by atoms with Crippen molar-refractivity contribution in [2.75, 3.05) is 5.73 Å². The maximum atomic E-state index is 12.7. The first-order valence-electron chi connectivity index (χ1n) is 11.5. The van der Waals surface area contributed by atoms with Crippen molar-refractivity contribution >= 4 is 39.1 Å². The van der Waals surface area contributed by atoms with E-state index in [1.165, 1.54) is 5.56 Å². The van der Waals surface area contributed by atoms with Crippen LogP contribution in [0.1, 0.15) is 58.2 Å². The molecular weight excluding hydrogens is 446 g/mol. The number of thiazole rings is 1. The fraction of sp³-hybridized carbons (Fsp3) is 0.308. The maximum absolute atomic E-state index is 12.7. The SMILES string of the molecule is Cc1cccc2nc(CC(=O)Cc3ccc(-c4nn(C5CCCC5)c(N)c4C(N)=O)cc3)sc12. The Kier molecular flexibility index (Phi) is 5.91. The summed E-state index contributed by atoms with van der Waals surface area (Å²) in [7, 11) is 0. The number of primary amides is 1. The highest BCUT2D eigenvalue weighted by atomic mass is 32.1. The molecule has 4 aromatic rings. The highest BCUT2D eigenvalue weighted by Gasteiger charge is 2.27. The van der Waals surface area contributed by atoms with Gasteiger partial charge in [-0.15, -0.1) is 11.3 Å². The van der Waals surface area contributed by atoms with E-state index in [1.807, 2.05) is 36.4 Å². The van der Waals surface area contributed by atoms with Crippen LogP contribution in [-0.4, -0.2) is 26.5 Å². The number of Topliss-reactive ketones (excluding diaryl/α,β-unsaturated/α-hetero) is 1. The van der Waals surface area contributed by atoms with Gasteiger partial charge in [0.05, 0.1) is 22.7 Å². The number of aryl methyl sites for hydroxylation is 1. The summed E-state index contributed by atoms with van der Waals surface area (Å²) in [4.78, 5) is 29.5. The largest absolute Gasteiger partial charge is 0.383 e. The molecule has 0 radical (unpaired) electrons. The molecule has 7 nitrogen and oxygen atoms in total. The molecule has 0 bridgehead atoms. The van der Waals surface area contributed by atoms with Gasteiger partial charge in [0.25, 0.3) is 5.91 Å². The summed E-state index contributed by atoms with van der Waals surface area (Å²) < 4.78 is 2.90. The molecule has 34 heavy (non-hydrogen) atoms. The number of rotatable bonds is 7. The Labute approximate surface area is 201 Å². The van der Waals surface area contributed by atoms with Crippen molar-refractivity contribution in [3.05, 3.63) is 64.2 Å². The minimum Gasteiger partial charge on any atom is -0.383 e. The van der Waals surface area contributed by atoms with E-state index in [-0.39, 0.29) is 17.4 Å². The van der Waals surface area contributed by atoms with Gasteiger partial charge in [0.2, 0.25) is 0 Å². The number of aromatic nitrogens is 3. The van der Waals surface area contributed by atoms with Crippen molar-refractivity contribution in [2.45, 2.75) is 51.5 Å². The van der Waals surface area contributed by atoms with Crippen LogP contribution < -0.4 is 11.5 Å². The lowest BCUT2D eigenvalue weighted by molar-refractivity contribution is -0.117. The molecule has 2 heterocycles. The summed E-state index contributed by atoms with van der Waals surface area (Å²) in [5, 5.41) is 5.51. The number of benzene rings is 2. The number of carbonyl (C=O) groups excluding carboxylic acids is 2. The lowest BCUT2D eigenvalue weighted by Crippen LogP contribution is -2.15. The number of hydrogen-bond donors (Lipinski definition) is 2. The van der Waals surface area contributed by atoms with Gasteiger partial charge < -0.3 is 11.5 Å². The van der Waals surface area contributed by atoms with Gasteiger partial charge in [0.1, 0.15) is 27.9 Å². The van der Waals surface area contributed by atoms with E-state index in [9.17, 15) is 9.59 Å². The second-order valence-corrected chi connectivity index (χ2v) is 10.1. The molecule has 8 heteroatoms. The second kappa shape index (κ2) is 9.02. The Balaban J connectivity index is 1.33. The van der Waals surface area contributed by atoms with E-state index >= 15 is 0 Å². The fourth-order valence-corrected chi connectivity index (χ4v) is 5.83. The number of carbonyl (C=O) groups is 2.